The molecule has 1 aliphatic rings. The number of carbonyl (C=O) groups is 2. The Labute approximate surface area is 356 Å². The molecule has 13 nitrogen and oxygen atoms in total. The topological polar surface area (TPSA) is 210 Å². The number of unbranched alkanes of at least 4 members (excludes halogenated alkanes) is 25. The van der Waals surface area contributed by atoms with Gasteiger partial charge in [-0.3, -0.25) is 18.6 Å². The average molecular weight is 865 g/mol. The lowest BCUT2D eigenvalue weighted by atomic mass is 9.85. The van der Waals surface area contributed by atoms with Crippen LogP contribution >= 0.6 is 7.82 Å². The third kappa shape index (κ3) is 28.7. The van der Waals surface area contributed by atoms with Gasteiger partial charge in [0.05, 0.1) is 6.61 Å². The highest BCUT2D eigenvalue weighted by Crippen LogP contribution is 2.47. The summed E-state index contributed by atoms with van der Waals surface area (Å²) in [6, 6.07) is 0. The lowest BCUT2D eigenvalue weighted by molar-refractivity contribution is -0.220. The predicted molar refractivity (Wildman–Crippen MR) is 231 cm³/mol. The highest BCUT2D eigenvalue weighted by Gasteiger charge is 2.51. The van der Waals surface area contributed by atoms with E-state index in [0.29, 0.717) is 12.8 Å². The number of aliphatic hydroxyl groups excluding tert-OH is 5. The van der Waals surface area contributed by atoms with Crippen LogP contribution in [0.5, 0.6) is 0 Å². The molecule has 1 rings (SSSR count). The van der Waals surface area contributed by atoms with Crippen LogP contribution in [-0.4, -0.2) is 98.3 Å². The van der Waals surface area contributed by atoms with Gasteiger partial charge in [0.2, 0.25) is 0 Å². The van der Waals surface area contributed by atoms with Gasteiger partial charge in [-0.1, -0.05) is 180 Å². The molecule has 0 aromatic heterocycles. The van der Waals surface area contributed by atoms with E-state index in [-0.39, 0.29) is 12.8 Å². The van der Waals surface area contributed by atoms with Crippen LogP contribution in [0.3, 0.4) is 0 Å². The zero-order valence-corrected chi connectivity index (χ0v) is 37.7. The standard InChI is InChI=1S/C45H85O13P/c1-3-5-7-9-11-13-15-17-19-21-23-25-27-29-31-33-38(46)55-35-37(36-56-59(53,54)58-45-43(51)41(49)40(48)42(50)44(45)52)57-39(47)34-32-30-28-26-24-22-20-18-16-14-12-10-8-6-4-2/h27,29,37,40-45,48-52H,3-26,28,30-36H2,1-2H3,(H,53,54). The Kier molecular flexibility index (Phi) is 34.0. The Morgan fingerprint density at radius 3 is 1.36 bits per heavy atom. The number of phosphoric acid groups is 1. The molecule has 1 aliphatic carbocycles. The van der Waals surface area contributed by atoms with E-state index in [1.54, 1.807) is 0 Å². The molecule has 0 bridgehead atoms. The number of rotatable bonds is 39. The summed E-state index contributed by atoms with van der Waals surface area (Å²) in [6.45, 7) is 3.28. The summed E-state index contributed by atoms with van der Waals surface area (Å²) in [4.78, 5) is 35.6. The lowest BCUT2D eigenvalue weighted by Crippen LogP contribution is -2.64. The first-order valence-corrected chi connectivity index (χ1v) is 25.0. The van der Waals surface area contributed by atoms with Gasteiger partial charge in [-0.25, -0.2) is 4.57 Å². The molecule has 6 atom stereocenters. The SMILES string of the molecule is CCCCCCCCCCCCCC=CCCC(=O)OCC(COP(=O)(O)OC1C(O)C(O)C(O)C(O)C1O)OC(=O)CCCCCCCCCCCCCCCCC. The molecule has 0 saturated heterocycles. The van der Waals surface area contributed by atoms with E-state index in [2.05, 4.69) is 19.9 Å². The second-order valence-electron chi connectivity index (χ2n) is 16.6. The summed E-state index contributed by atoms with van der Waals surface area (Å²) in [5.74, 6) is -1.15. The number of hydrogen-bond acceptors (Lipinski definition) is 12. The van der Waals surface area contributed by atoms with Gasteiger partial charge in [0.15, 0.2) is 6.10 Å². The number of carbonyl (C=O) groups excluding carboxylic acids is 2. The van der Waals surface area contributed by atoms with E-state index in [1.165, 1.54) is 128 Å². The van der Waals surface area contributed by atoms with Crippen molar-refractivity contribution in [3.05, 3.63) is 12.2 Å². The molecule has 0 aromatic rings. The molecule has 14 heteroatoms. The molecule has 59 heavy (non-hydrogen) atoms. The second kappa shape index (κ2) is 36.1. The van der Waals surface area contributed by atoms with Crippen molar-refractivity contribution in [3.8, 4) is 0 Å². The van der Waals surface area contributed by atoms with Crippen molar-refractivity contribution in [1.29, 1.82) is 0 Å². The maximum Gasteiger partial charge on any atom is 0.472 e. The minimum atomic E-state index is -5.12. The number of ether oxygens (including phenoxy) is 2. The summed E-state index contributed by atoms with van der Waals surface area (Å²) in [6.07, 6.45) is 24.2. The van der Waals surface area contributed by atoms with Crippen LogP contribution < -0.4 is 0 Å². The summed E-state index contributed by atoms with van der Waals surface area (Å²) in [5.41, 5.74) is 0. The summed E-state index contributed by atoms with van der Waals surface area (Å²) in [5, 5.41) is 50.1. The molecule has 0 aromatic carbocycles. The van der Waals surface area contributed by atoms with E-state index in [1.807, 2.05) is 6.08 Å². The Morgan fingerprint density at radius 2 is 0.898 bits per heavy atom. The first kappa shape index (κ1) is 55.6. The number of allylic oxidation sites excluding steroid dienone is 2. The zero-order valence-electron chi connectivity index (χ0n) is 36.8. The quantitative estimate of drug-likeness (QED) is 0.0148. The van der Waals surface area contributed by atoms with Gasteiger partial charge in [-0.2, -0.15) is 0 Å². The first-order valence-electron chi connectivity index (χ1n) is 23.5. The largest absolute Gasteiger partial charge is 0.472 e. The number of esters is 2. The zero-order chi connectivity index (χ0) is 43.6. The molecule has 6 unspecified atom stereocenters. The Hall–Kier alpha value is -1.41. The van der Waals surface area contributed by atoms with Gasteiger partial charge in [-0.05, 0) is 25.7 Å². The molecule has 1 fully saturated rings. The van der Waals surface area contributed by atoms with Crippen molar-refractivity contribution in [3.63, 3.8) is 0 Å². The van der Waals surface area contributed by atoms with Gasteiger partial charge in [0, 0.05) is 12.8 Å². The van der Waals surface area contributed by atoms with Crippen LogP contribution in [0.25, 0.3) is 0 Å². The van der Waals surface area contributed by atoms with Crippen molar-refractivity contribution in [2.45, 2.75) is 249 Å². The van der Waals surface area contributed by atoms with E-state index in [9.17, 15) is 44.6 Å². The van der Waals surface area contributed by atoms with Crippen LogP contribution in [0.4, 0.5) is 0 Å². The normalized spacial score (nSPS) is 22.4. The monoisotopic (exact) mass is 865 g/mol. The van der Waals surface area contributed by atoms with Crippen LogP contribution in [0, 0.1) is 0 Å². The number of aliphatic hydroxyl groups is 5. The Bertz CT molecular complexity index is 1090. The van der Waals surface area contributed by atoms with Gasteiger partial charge in [0.1, 0.15) is 43.2 Å². The van der Waals surface area contributed by atoms with Crippen LogP contribution in [-0.2, 0) is 32.7 Å². The van der Waals surface area contributed by atoms with Crippen LogP contribution in [0.15, 0.2) is 12.2 Å². The maximum absolute atomic E-state index is 12.8. The first-order chi connectivity index (χ1) is 28.4. The van der Waals surface area contributed by atoms with Crippen molar-refractivity contribution in [1.82, 2.24) is 0 Å². The third-order valence-electron chi connectivity index (χ3n) is 11.1. The molecule has 0 radical (unpaired) electrons. The molecule has 348 valence electrons. The number of phosphoric ester groups is 1. The summed E-state index contributed by atoms with van der Waals surface area (Å²) >= 11 is 0. The second-order valence-corrected chi connectivity index (χ2v) is 18.0. The average Bonchev–Trinajstić information content (AvgIpc) is 3.21. The van der Waals surface area contributed by atoms with E-state index < -0.39 is 75.7 Å². The van der Waals surface area contributed by atoms with Crippen LogP contribution in [0.2, 0.25) is 0 Å². The fourth-order valence-corrected chi connectivity index (χ4v) is 8.28. The van der Waals surface area contributed by atoms with E-state index in [0.717, 1.165) is 38.5 Å². The molecule has 1 saturated carbocycles. The minimum Gasteiger partial charge on any atom is -0.462 e. The highest BCUT2D eigenvalue weighted by atomic mass is 31.2. The van der Waals surface area contributed by atoms with Gasteiger partial charge in [-0.15, -0.1) is 0 Å². The third-order valence-corrected chi connectivity index (χ3v) is 12.1. The maximum atomic E-state index is 12.8. The highest BCUT2D eigenvalue weighted by molar-refractivity contribution is 7.47. The smallest absolute Gasteiger partial charge is 0.462 e. The lowest BCUT2D eigenvalue weighted by Gasteiger charge is -2.41. The molecule has 0 amide bonds. The molecular formula is C45H85O13P. The molecule has 0 heterocycles. The van der Waals surface area contributed by atoms with Gasteiger partial charge >= 0.3 is 19.8 Å². The summed E-state index contributed by atoms with van der Waals surface area (Å²) in [7, 11) is -5.12. The fourth-order valence-electron chi connectivity index (χ4n) is 7.31. The number of hydrogen-bond donors (Lipinski definition) is 6. The Balaban J connectivity index is 2.46. The molecule has 0 spiro atoms. The minimum absolute atomic E-state index is 0.0883. The fraction of sp³-hybridized carbons (Fsp3) is 0.911. The van der Waals surface area contributed by atoms with Gasteiger partial charge < -0.3 is 39.9 Å². The van der Waals surface area contributed by atoms with Crippen molar-refractivity contribution >= 4 is 19.8 Å². The molecular weight excluding hydrogens is 779 g/mol. The molecule has 0 aliphatic heterocycles. The van der Waals surface area contributed by atoms with E-state index in [4.69, 9.17) is 18.5 Å². The van der Waals surface area contributed by atoms with Crippen molar-refractivity contribution in [2.75, 3.05) is 13.2 Å². The van der Waals surface area contributed by atoms with Crippen molar-refractivity contribution < 1.29 is 63.1 Å². The van der Waals surface area contributed by atoms with E-state index >= 15 is 0 Å². The summed E-state index contributed by atoms with van der Waals surface area (Å²) < 4.78 is 33.5. The van der Waals surface area contributed by atoms with Gasteiger partial charge in [0.25, 0.3) is 0 Å². The van der Waals surface area contributed by atoms with Crippen molar-refractivity contribution in [2.24, 2.45) is 0 Å². The Morgan fingerprint density at radius 1 is 0.508 bits per heavy atom. The van der Waals surface area contributed by atoms with Crippen LogP contribution in [0.1, 0.15) is 206 Å². The molecule has 6 N–H and O–H groups in total. The predicted octanol–water partition coefficient (Wildman–Crippen LogP) is 9.06.